The Hall–Kier alpha value is -0.780. The number of hydrogen-bond donors (Lipinski definition) is 1. The molecule has 1 fully saturated rings. The van der Waals surface area contributed by atoms with Crippen molar-refractivity contribution in [2.75, 3.05) is 6.61 Å². The molecular formula is C15H22ClNO3S. The first-order valence-electron chi connectivity index (χ1n) is 7.38. The molecular weight excluding hydrogens is 310 g/mol. The van der Waals surface area contributed by atoms with Gasteiger partial charge in [-0.15, -0.1) is 0 Å². The minimum absolute atomic E-state index is 0.00923. The summed E-state index contributed by atoms with van der Waals surface area (Å²) < 4.78 is 33.2. The number of nitrogens with one attached hydrogen (secondary N) is 1. The van der Waals surface area contributed by atoms with E-state index in [9.17, 15) is 8.42 Å². The van der Waals surface area contributed by atoms with Crippen molar-refractivity contribution < 1.29 is 13.2 Å². The van der Waals surface area contributed by atoms with Gasteiger partial charge in [-0.05, 0) is 37.8 Å². The van der Waals surface area contributed by atoms with Crippen LogP contribution in [0.25, 0.3) is 0 Å². The fraction of sp³-hybridized carbons (Fsp3) is 0.600. The number of ether oxygens (including phenoxy) is 1. The smallest absolute Gasteiger partial charge is 0.240 e. The van der Waals surface area contributed by atoms with Crippen LogP contribution >= 0.6 is 11.6 Å². The number of rotatable bonds is 5. The molecule has 118 valence electrons. The Labute approximate surface area is 131 Å². The van der Waals surface area contributed by atoms with Crippen LogP contribution in [0.3, 0.4) is 0 Å². The van der Waals surface area contributed by atoms with Gasteiger partial charge in [0.15, 0.2) is 0 Å². The maximum atomic E-state index is 12.5. The molecule has 2 atom stereocenters. The van der Waals surface area contributed by atoms with Crippen LogP contribution in [-0.2, 0) is 10.0 Å². The quantitative estimate of drug-likeness (QED) is 0.897. The van der Waals surface area contributed by atoms with E-state index in [4.69, 9.17) is 16.3 Å². The molecule has 1 saturated carbocycles. The highest BCUT2D eigenvalue weighted by Crippen LogP contribution is 2.29. The molecule has 21 heavy (non-hydrogen) atoms. The van der Waals surface area contributed by atoms with Gasteiger partial charge >= 0.3 is 0 Å². The Balaban J connectivity index is 2.20. The van der Waals surface area contributed by atoms with E-state index < -0.39 is 10.0 Å². The minimum Gasteiger partial charge on any atom is -0.492 e. The first-order chi connectivity index (χ1) is 9.94. The van der Waals surface area contributed by atoms with E-state index in [1.807, 2.05) is 6.92 Å². The Morgan fingerprint density at radius 1 is 1.33 bits per heavy atom. The lowest BCUT2D eigenvalue weighted by molar-refractivity contribution is 0.310. The van der Waals surface area contributed by atoms with Crippen LogP contribution in [0.1, 0.15) is 39.5 Å². The SMILES string of the molecule is CCOc1cc(S(=O)(=O)N[C@@H]2CCCC[C@H]2C)ccc1Cl. The highest BCUT2D eigenvalue weighted by molar-refractivity contribution is 7.89. The lowest BCUT2D eigenvalue weighted by Gasteiger charge is -2.29. The molecule has 0 radical (unpaired) electrons. The van der Waals surface area contributed by atoms with Crippen LogP contribution in [0.15, 0.2) is 23.1 Å². The Morgan fingerprint density at radius 2 is 2.05 bits per heavy atom. The van der Waals surface area contributed by atoms with Gasteiger partial charge in [-0.1, -0.05) is 31.4 Å². The summed E-state index contributed by atoms with van der Waals surface area (Å²) in [5.74, 6) is 0.769. The maximum Gasteiger partial charge on any atom is 0.240 e. The van der Waals surface area contributed by atoms with Gasteiger partial charge in [0.25, 0.3) is 0 Å². The molecule has 0 heterocycles. The fourth-order valence-corrected chi connectivity index (χ4v) is 4.24. The average Bonchev–Trinajstić information content (AvgIpc) is 2.44. The van der Waals surface area contributed by atoms with Gasteiger partial charge in [0.2, 0.25) is 10.0 Å². The van der Waals surface area contributed by atoms with Crippen LogP contribution in [0, 0.1) is 5.92 Å². The van der Waals surface area contributed by atoms with Crippen molar-refractivity contribution in [3.05, 3.63) is 23.2 Å². The van der Waals surface area contributed by atoms with Crippen LogP contribution in [0.5, 0.6) is 5.75 Å². The molecule has 0 spiro atoms. The molecule has 0 aromatic heterocycles. The molecule has 4 nitrogen and oxygen atoms in total. The van der Waals surface area contributed by atoms with E-state index in [2.05, 4.69) is 11.6 Å². The summed E-state index contributed by atoms with van der Waals surface area (Å²) in [6, 6.07) is 4.57. The summed E-state index contributed by atoms with van der Waals surface area (Å²) in [7, 11) is -3.54. The van der Waals surface area contributed by atoms with Crippen molar-refractivity contribution in [3.63, 3.8) is 0 Å². The Morgan fingerprint density at radius 3 is 2.71 bits per heavy atom. The molecule has 0 aliphatic heterocycles. The molecule has 0 saturated heterocycles. The predicted octanol–water partition coefficient (Wildman–Crippen LogP) is 3.60. The Kier molecular flexibility index (Phi) is 5.52. The van der Waals surface area contributed by atoms with Gasteiger partial charge < -0.3 is 4.74 Å². The molecule has 1 N–H and O–H groups in total. The van der Waals surface area contributed by atoms with E-state index in [1.54, 1.807) is 6.07 Å². The maximum absolute atomic E-state index is 12.5. The largest absolute Gasteiger partial charge is 0.492 e. The molecule has 0 amide bonds. The molecule has 1 aliphatic carbocycles. The van der Waals surface area contributed by atoms with Gasteiger partial charge in [-0.2, -0.15) is 0 Å². The van der Waals surface area contributed by atoms with Crippen LogP contribution in [0.4, 0.5) is 0 Å². The fourth-order valence-electron chi connectivity index (χ4n) is 2.68. The lowest BCUT2D eigenvalue weighted by atomic mass is 9.87. The third kappa shape index (κ3) is 4.11. The number of benzene rings is 1. The van der Waals surface area contributed by atoms with Gasteiger partial charge in [0.1, 0.15) is 5.75 Å². The zero-order valence-corrected chi connectivity index (χ0v) is 14.0. The molecule has 1 aromatic rings. The average molecular weight is 332 g/mol. The second kappa shape index (κ2) is 6.99. The van der Waals surface area contributed by atoms with E-state index >= 15 is 0 Å². The molecule has 6 heteroatoms. The molecule has 1 aromatic carbocycles. The third-order valence-electron chi connectivity index (χ3n) is 3.93. The Bertz CT molecular complexity index is 589. The zero-order chi connectivity index (χ0) is 15.5. The number of sulfonamides is 1. The van der Waals surface area contributed by atoms with Gasteiger partial charge in [-0.25, -0.2) is 13.1 Å². The van der Waals surface area contributed by atoms with Gasteiger partial charge in [0, 0.05) is 12.1 Å². The topological polar surface area (TPSA) is 55.4 Å². The first kappa shape index (κ1) is 16.6. The van der Waals surface area contributed by atoms with Crippen molar-refractivity contribution >= 4 is 21.6 Å². The van der Waals surface area contributed by atoms with E-state index in [0.717, 1.165) is 19.3 Å². The molecule has 0 unspecified atom stereocenters. The van der Waals surface area contributed by atoms with E-state index in [0.29, 0.717) is 23.3 Å². The number of hydrogen-bond acceptors (Lipinski definition) is 3. The summed E-state index contributed by atoms with van der Waals surface area (Å²) in [5.41, 5.74) is 0. The van der Waals surface area contributed by atoms with Crippen LogP contribution in [-0.4, -0.2) is 21.1 Å². The highest BCUT2D eigenvalue weighted by Gasteiger charge is 2.27. The van der Waals surface area contributed by atoms with Crippen molar-refractivity contribution in [1.29, 1.82) is 0 Å². The second-order valence-corrected chi connectivity index (χ2v) is 7.64. The third-order valence-corrected chi connectivity index (χ3v) is 5.73. The van der Waals surface area contributed by atoms with Crippen LogP contribution in [0.2, 0.25) is 5.02 Å². The molecule has 1 aliphatic rings. The predicted molar refractivity (Wildman–Crippen MR) is 84.4 cm³/mol. The summed E-state index contributed by atoms with van der Waals surface area (Å²) >= 11 is 6.00. The first-order valence-corrected chi connectivity index (χ1v) is 9.25. The zero-order valence-electron chi connectivity index (χ0n) is 12.4. The minimum atomic E-state index is -3.54. The highest BCUT2D eigenvalue weighted by atomic mass is 35.5. The van der Waals surface area contributed by atoms with Gasteiger partial charge in [-0.3, -0.25) is 0 Å². The summed E-state index contributed by atoms with van der Waals surface area (Å²) in [5, 5.41) is 0.418. The van der Waals surface area contributed by atoms with Crippen molar-refractivity contribution in [2.24, 2.45) is 5.92 Å². The van der Waals surface area contributed by atoms with E-state index in [1.165, 1.54) is 18.6 Å². The van der Waals surface area contributed by atoms with Crippen molar-refractivity contribution in [1.82, 2.24) is 4.72 Å². The molecule has 0 bridgehead atoms. The standard InChI is InChI=1S/C15H22ClNO3S/c1-3-20-15-10-12(8-9-13(15)16)21(18,19)17-14-7-5-4-6-11(14)2/h8-11,14,17H,3-7H2,1-2H3/t11-,14-/m1/s1. The lowest BCUT2D eigenvalue weighted by Crippen LogP contribution is -2.40. The summed E-state index contributed by atoms with van der Waals surface area (Å²) in [6.45, 7) is 4.37. The second-order valence-electron chi connectivity index (χ2n) is 5.51. The number of halogens is 1. The van der Waals surface area contributed by atoms with Crippen molar-refractivity contribution in [3.8, 4) is 5.75 Å². The van der Waals surface area contributed by atoms with E-state index in [-0.39, 0.29) is 10.9 Å². The van der Waals surface area contributed by atoms with Crippen molar-refractivity contribution in [2.45, 2.75) is 50.5 Å². The monoisotopic (exact) mass is 331 g/mol. The van der Waals surface area contributed by atoms with Gasteiger partial charge in [0.05, 0.1) is 16.5 Å². The summed E-state index contributed by atoms with van der Waals surface area (Å²) in [6.07, 6.45) is 4.21. The molecule has 2 rings (SSSR count). The summed E-state index contributed by atoms with van der Waals surface area (Å²) in [4.78, 5) is 0.202. The normalized spacial score (nSPS) is 23.0. The van der Waals surface area contributed by atoms with Crippen LogP contribution < -0.4 is 9.46 Å².